The number of likely N-dealkylation sites (N-methyl/N-ethyl adjacent to an activating group) is 1. The molecule has 0 aromatic rings. The third-order valence-electron chi connectivity index (χ3n) is 2.57. The number of thiol groups is 1. The fourth-order valence-corrected chi connectivity index (χ4v) is 1.74. The number of rotatable bonds is 14. The van der Waals surface area contributed by atoms with Crippen LogP contribution in [0.3, 0.4) is 0 Å². The van der Waals surface area contributed by atoms with Crippen LogP contribution in [-0.4, -0.2) is 45.8 Å². The molecule has 0 aromatic heterocycles. The highest BCUT2D eigenvalue weighted by molar-refractivity contribution is 7.80. The fourth-order valence-electron chi connectivity index (χ4n) is 1.52. The van der Waals surface area contributed by atoms with Gasteiger partial charge in [0.25, 0.3) is 0 Å². The highest BCUT2D eigenvalue weighted by Gasteiger charge is 1.92. The molecule has 0 aliphatic heterocycles. The molecule has 0 amide bonds. The summed E-state index contributed by atoms with van der Waals surface area (Å²) in [6.07, 6.45) is 7.71. The summed E-state index contributed by atoms with van der Waals surface area (Å²) in [6.45, 7) is 3.99. The molecular weight excluding hydrogens is 234 g/mol. The van der Waals surface area contributed by atoms with E-state index in [9.17, 15) is 0 Å². The van der Waals surface area contributed by atoms with E-state index < -0.39 is 0 Å². The Morgan fingerprint density at radius 3 is 2.00 bits per heavy atom. The topological polar surface area (TPSA) is 30.5 Å². The van der Waals surface area contributed by atoms with E-state index in [-0.39, 0.29) is 0 Å². The van der Waals surface area contributed by atoms with Crippen molar-refractivity contribution in [3.8, 4) is 0 Å². The maximum Gasteiger partial charge on any atom is 0.0701 e. The maximum absolute atomic E-state index is 5.48. The maximum atomic E-state index is 5.48. The number of hydrogen-bond acceptors (Lipinski definition) is 4. The van der Waals surface area contributed by atoms with E-state index in [1.807, 2.05) is 7.05 Å². The van der Waals surface area contributed by atoms with Crippen LogP contribution in [0, 0.1) is 0 Å². The molecule has 0 heterocycles. The summed E-state index contributed by atoms with van der Waals surface area (Å²) in [7, 11) is 1.93. The minimum absolute atomic E-state index is 0.712. The van der Waals surface area contributed by atoms with Gasteiger partial charge in [-0.25, -0.2) is 0 Å². The zero-order valence-corrected chi connectivity index (χ0v) is 12.1. The van der Waals surface area contributed by atoms with Crippen molar-refractivity contribution in [1.29, 1.82) is 0 Å². The van der Waals surface area contributed by atoms with Crippen LogP contribution in [0.5, 0.6) is 0 Å². The van der Waals surface area contributed by atoms with Gasteiger partial charge in [-0.2, -0.15) is 12.6 Å². The molecule has 0 bridgehead atoms. The van der Waals surface area contributed by atoms with Crippen molar-refractivity contribution in [3.63, 3.8) is 0 Å². The van der Waals surface area contributed by atoms with Crippen molar-refractivity contribution in [2.45, 2.75) is 38.5 Å². The molecule has 0 atom stereocenters. The van der Waals surface area contributed by atoms with E-state index >= 15 is 0 Å². The first kappa shape index (κ1) is 17.2. The van der Waals surface area contributed by atoms with Crippen LogP contribution in [0.1, 0.15) is 38.5 Å². The van der Waals surface area contributed by atoms with Crippen molar-refractivity contribution in [3.05, 3.63) is 0 Å². The number of nitrogens with one attached hydrogen (secondary N) is 1. The smallest absolute Gasteiger partial charge is 0.0701 e. The Kier molecular flexibility index (Phi) is 16.4. The summed E-state index contributed by atoms with van der Waals surface area (Å²) in [5.74, 6) is 1.02. The second kappa shape index (κ2) is 16.2. The lowest BCUT2D eigenvalue weighted by molar-refractivity contribution is 0.0477. The third-order valence-corrected chi connectivity index (χ3v) is 2.88. The Bertz CT molecular complexity index is 123. The monoisotopic (exact) mass is 263 g/mol. The van der Waals surface area contributed by atoms with Gasteiger partial charge in [0.1, 0.15) is 0 Å². The molecule has 1 N–H and O–H groups in total. The second-order valence-electron chi connectivity index (χ2n) is 4.17. The van der Waals surface area contributed by atoms with Crippen LogP contribution in [-0.2, 0) is 9.47 Å². The molecular formula is C13H29NO2S. The summed E-state index contributed by atoms with van der Waals surface area (Å²) < 4.78 is 10.8. The van der Waals surface area contributed by atoms with E-state index in [1.165, 1.54) is 38.5 Å². The predicted molar refractivity (Wildman–Crippen MR) is 77.1 cm³/mol. The first-order valence-electron chi connectivity index (χ1n) is 6.82. The average molecular weight is 263 g/mol. The lowest BCUT2D eigenvalue weighted by atomic mass is 10.1. The molecule has 0 unspecified atom stereocenters. The van der Waals surface area contributed by atoms with Gasteiger partial charge in [-0.05, 0) is 25.6 Å². The standard InChI is InChI=1S/C13H29NO2S/c1-14-8-10-16-12-11-15-9-6-4-2-3-5-7-13-17/h14,17H,2-13H2,1H3. The number of unbranched alkanes of at least 4 members (excludes halogenated alkanes) is 5. The van der Waals surface area contributed by atoms with Crippen molar-refractivity contribution < 1.29 is 9.47 Å². The molecule has 17 heavy (non-hydrogen) atoms. The van der Waals surface area contributed by atoms with Gasteiger partial charge in [-0.15, -0.1) is 0 Å². The van der Waals surface area contributed by atoms with E-state index in [0.29, 0.717) is 6.61 Å². The molecule has 0 rings (SSSR count). The molecule has 0 spiro atoms. The van der Waals surface area contributed by atoms with E-state index in [2.05, 4.69) is 17.9 Å². The zero-order valence-electron chi connectivity index (χ0n) is 11.2. The summed E-state index contributed by atoms with van der Waals surface area (Å²) in [5, 5.41) is 3.04. The van der Waals surface area contributed by atoms with Crippen LogP contribution in [0.4, 0.5) is 0 Å². The Labute approximate surface area is 112 Å². The Morgan fingerprint density at radius 2 is 1.35 bits per heavy atom. The van der Waals surface area contributed by atoms with Gasteiger partial charge in [0, 0.05) is 13.2 Å². The lowest BCUT2D eigenvalue weighted by Crippen LogP contribution is -2.16. The highest BCUT2D eigenvalue weighted by Crippen LogP contribution is 2.05. The Morgan fingerprint density at radius 1 is 0.765 bits per heavy atom. The molecule has 0 aromatic carbocycles. The van der Waals surface area contributed by atoms with Crippen molar-refractivity contribution in [2.24, 2.45) is 0 Å². The van der Waals surface area contributed by atoms with Gasteiger partial charge in [0.15, 0.2) is 0 Å². The van der Waals surface area contributed by atoms with E-state index in [4.69, 9.17) is 9.47 Å². The summed E-state index contributed by atoms with van der Waals surface area (Å²) in [5.41, 5.74) is 0. The molecule has 0 radical (unpaired) electrons. The van der Waals surface area contributed by atoms with Crippen LogP contribution in [0.15, 0.2) is 0 Å². The molecule has 3 nitrogen and oxygen atoms in total. The van der Waals surface area contributed by atoms with Crippen molar-refractivity contribution in [1.82, 2.24) is 5.32 Å². The number of ether oxygens (including phenoxy) is 2. The first-order chi connectivity index (χ1) is 8.41. The zero-order chi connectivity index (χ0) is 12.6. The average Bonchev–Trinajstić information content (AvgIpc) is 2.35. The molecule has 0 saturated heterocycles. The Hall–Kier alpha value is 0.230. The minimum Gasteiger partial charge on any atom is -0.379 e. The fraction of sp³-hybridized carbons (Fsp3) is 1.00. The van der Waals surface area contributed by atoms with Gasteiger partial charge < -0.3 is 14.8 Å². The molecule has 0 aliphatic carbocycles. The molecule has 0 aliphatic rings. The van der Waals surface area contributed by atoms with Crippen LogP contribution >= 0.6 is 12.6 Å². The highest BCUT2D eigenvalue weighted by atomic mass is 32.1. The van der Waals surface area contributed by atoms with Crippen LogP contribution in [0.25, 0.3) is 0 Å². The largest absolute Gasteiger partial charge is 0.379 e. The van der Waals surface area contributed by atoms with Gasteiger partial charge in [-0.3, -0.25) is 0 Å². The molecule has 104 valence electrons. The van der Waals surface area contributed by atoms with Gasteiger partial charge in [0.2, 0.25) is 0 Å². The quantitative estimate of drug-likeness (QED) is 0.373. The minimum atomic E-state index is 0.712. The second-order valence-corrected chi connectivity index (χ2v) is 4.62. The lowest BCUT2D eigenvalue weighted by Gasteiger charge is -2.05. The summed E-state index contributed by atoms with van der Waals surface area (Å²) in [4.78, 5) is 0. The van der Waals surface area contributed by atoms with Crippen LogP contribution in [0.2, 0.25) is 0 Å². The van der Waals surface area contributed by atoms with Crippen molar-refractivity contribution in [2.75, 3.05) is 45.8 Å². The molecule has 0 saturated carbocycles. The van der Waals surface area contributed by atoms with Gasteiger partial charge >= 0.3 is 0 Å². The summed E-state index contributed by atoms with van der Waals surface area (Å²) >= 11 is 4.20. The van der Waals surface area contributed by atoms with Crippen molar-refractivity contribution >= 4 is 12.6 Å². The number of hydrogen-bond donors (Lipinski definition) is 2. The van der Waals surface area contributed by atoms with E-state index in [0.717, 1.165) is 32.1 Å². The van der Waals surface area contributed by atoms with Gasteiger partial charge in [-0.1, -0.05) is 25.7 Å². The molecule has 4 heteroatoms. The Balaban J connectivity index is 2.85. The first-order valence-corrected chi connectivity index (χ1v) is 7.46. The SMILES string of the molecule is CNCCOCCOCCCCCCCCS. The normalized spacial score (nSPS) is 10.9. The third kappa shape index (κ3) is 16.2. The predicted octanol–water partition coefficient (Wildman–Crippen LogP) is 2.51. The molecule has 0 fully saturated rings. The summed E-state index contributed by atoms with van der Waals surface area (Å²) in [6, 6.07) is 0. The van der Waals surface area contributed by atoms with Crippen LogP contribution < -0.4 is 5.32 Å². The van der Waals surface area contributed by atoms with Gasteiger partial charge in [0.05, 0.1) is 19.8 Å². The van der Waals surface area contributed by atoms with E-state index in [1.54, 1.807) is 0 Å².